The molecule has 10 heavy (non-hydrogen) atoms. The Balaban J connectivity index is 2.96. The van der Waals surface area contributed by atoms with Crippen LogP contribution < -0.4 is 0 Å². The van der Waals surface area contributed by atoms with Gasteiger partial charge in [-0.2, -0.15) is 0 Å². The normalized spacial score (nSPS) is 9.40. The van der Waals surface area contributed by atoms with E-state index in [0.717, 1.165) is 0 Å². The summed E-state index contributed by atoms with van der Waals surface area (Å²) in [5.41, 5.74) is 0. The molecule has 0 saturated heterocycles. The maximum Gasteiger partial charge on any atom is 0.337 e. The number of halogens is 1. The predicted molar refractivity (Wildman–Crippen MR) is 33.4 cm³/mol. The smallest absolute Gasteiger partial charge is 0.337 e. The van der Waals surface area contributed by atoms with Gasteiger partial charge in [0.2, 0.25) is 0 Å². The molecule has 0 rings (SSSR count). The van der Waals surface area contributed by atoms with Crippen molar-refractivity contribution in [1.29, 1.82) is 0 Å². The van der Waals surface area contributed by atoms with Gasteiger partial charge in [0.05, 0.1) is 6.61 Å². The van der Waals surface area contributed by atoms with Gasteiger partial charge in [-0.1, -0.05) is 0 Å². The summed E-state index contributed by atoms with van der Waals surface area (Å²) in [5.74, 6) is -0.809. The summed E-state index contributed by atoms with van der Waals surface area (Å²) < 4.78 is 20.5. The molecule has 0 aromatic carbocycles. The second-order valence-electron chi connectivity index (χ2n) is 1.70. The van der Waals surface area contributed by atoms with E-state index in [1.807, 2.05) is 0 Å². The largest absolute Gasteiger partial charge is 0.464 e. The van der Waals surface area contributed by atoms with Crippen LogP contribution in [0.1, 0.15) is 6.42 Å². The number of hydrogen-bond donors (Lipinski definition) is 0. The summed E-state index contributed by atoms with van der Waals surface area (Å²) in [6, 6.07) is 0. The van der Waals surface area contributed by atoms with Gasteiger partial charge in [0.25, 0.3) is 0 Å². The molecule has 0 aliphatic rings. The predicted octanol–water partition coefficient (Wildman–Crippen LogP) is 0.536. The Kier molecular flexibility index (Phi) is 6.06. The van der Waals surface area contributed by atoms with Crippen LogP contribution in [0.5, 0.6) is 0 Å². The van der Waals surface area contributed by atoms with Crippen molar-refractivity contribution in [3.63, 3.8) is 0 Å². The van der Waals surface area contributed by atoms with E-state index in [-0.39, 0.29) is 6.61 Å². The monoisotopic (exact) mass is 150 g/mol. The number of alkyl halides is 1. The number of carbonyl (C=O) groups excluding carboxylic acids is 1. The fourth-order valence-electron chi connectivity index (χ4n) is 0.428. The molecule has 0 atom stereocenters. The molecule has 0 fully saturated rings. The van der Waals surface area contributed by atoms with Crippen LogP contribution in [0, 0.1) is 0 Å². The molecule has 3 nitrogen and oxygen atoms in total. The third kappa shape index (κ3) is 5.50. The Labute approximate surface area is 59.1 Å². The lowest BCUT2D eigenvalue weighted by Gasteiger charge is -1.99. The van der Waals surface area contributed by atoms with Gasteiger partial charge < -0.3 is 9.47 Å². The number of rotatable bonds is 5. The van der Waals surface area contributed by atoms with Crippen LogP contribution in [0.4, 0.5) is 4.39 Å². The lowest BCUT2D eigenvalue weighted by molar-refractivity contribution is -0.144. The van der Waals surface area contributed by atoms with E-state index < -0.39 is 12.6 Å². The molecule has 0 heterocycles. The lowest BCUT2D eigenvalue weighted by Crippen LogP contribution is -2.08. The second kappa shape index (κ2) is 6.48. The van der Waals surface area contributed by atoms with Gasteiger partial charge in [-0.15, -0.1) is 0 Å². The zero-order valence-corrected chi connectivity index (χ0v) is 5.93. The van der Waals surface area contributed by atoms with Crippen molar-refractivity contribution < 1.29 is 18.7 Å². The molecule has 0 aromatic heterocycles. The number of methoxy groups -OCH3 is 1. The summed E-state index contributed by atoms with van der Waals surface area (Å²) in [6.07, 6.45) is 0.613. The maximum atomic E-state index is 11.4. The Morgan fingerprint density at radius 1 is 1.50 bits per heavy atom. The minimum Gasteiger partial charge on any atom is -0.464 e. The van der Waals surface area contributed by atoms with Crippen LogP contribution in [-0.2, 0) is 14.3 Å². The summed E-state index contributed by atoms with van der Waals surface area (Å²) in [6.45, 7) is -0.289. The van der Waals surface area contributed by atoms with Crippen LogP contribution in [-0.4, -0.2) is 33.0 Å². The van der Waals surface area contributed by atoms with Crippen LogP contribution in [0.15, 0.2) is 0 Å². The molecule has 0 amide bonds. The van der Waals surface area contributed by atoms with Crippen LogP contribution in [0.25, 0.3) is 0 Å². The van der Waals surface area contributed by atoms with E-state index in [4.69, 9.17) is 0 Å². The zero-order valence-electron chi connectivity index (χ0n) is 5.93. The molecule has 0 spiro atoms. The van der Waals surface area contributed by atoms with Gasteiger partial charge in [-0.05, 0) is 0 Å². The minimum absolute atomic E-state index is 0.233. The first-order valence-corrected chi connectivity index (χ1v) is 3.01. The van der Waals surface area contributed by atoms with E-state index in [9.17, 15) is 9.18 Å². The topological polar surface area (TPSA) is 35.5 Å². The fraction of sp³-hybridized carbons (Fsp3) is 0.833. The first-order chi connectivity index (χ1) is 4.81. The first kappa shape index (κ1) is 9.36. The van der Waals surface area contributed by atoms with Crippen molar-refractivity contribution in [2.45, 2.75) is 6.42 Å². The Bertz CT molecular complexity index is 95.0. The fourth-order valence-corrected chi connectivity index (χ4v) is 0.428. The third-order valence-electron chi connectivity index (χ3n) is 0.865. The number of ether oxygens (including phenoxy) is 2. The molecular formula is C6H11FO3. The van der Waals surface area contributed by atoms with Gasteiger partial charge in [0.1, 0.15) is 0 Å². The molecule has 0 aliphatic carbocycles. The van der Waals surface area contributed by atoms with Crippen molar-refractivity contribution >= 4 is 5.97 Å². The summed E-state index contributed by atoms with van der Waals surface area (Å²) >= 11 is 0. The molecule has 0 N–H and O–H groups in total. The van der Waals surface area contributed by atoms with E-state index >= 15 is 0 Å². The van der Waals surface area contributed by atoms with Crippen LogP contribution in [0.2, 0.25) is 0 Å². The maximum absolute atomic E-state index is 11.4. The Hall–Kier alpha value is -0.640. The molecule has 0 bridgehead atoms. The van der Waals surface area contributed by atoms with E-state index in [2.05, 4.69) is 9.47 Å². The molecule has 4 heteroatoms. The standard InChI is InChI=1S/C6H11FO3/c1-9-3-2-4-10-6(8)5-7/h2-5H2,1H3. The lowest BCUT2D eigenvalue weighted by atomic mass is 10.5. The summed E-state index contributed by atoms with van der Waals surface area (Å²) in [4.78, 5) is 10.1. The van der Waals surface area contributed by atoms with Gasteiger partial charge in [-0.3, -0.25) is 0 Å². The molecule has 0 aliphatic heterocycles. The minimum atomic E-state index is -1.05. The van der Waals surface area contributed by atoms with Gasteiger partial charge in [0.15, 0.2) is 6.67 Å². The van der Waals surface area contributed by atoms with Crippen LogP contribution in [0.3, 0.4) is 0 Å². The highest BCUT2D eigenvalue weighted by molar-refractivity contribution is 5.70. The molecule has 0 radical (unpaired) electrons. The SMILES string of the molecule is COCCCOC(=O)CF. The molecule has 0 aromatic rings. The molecule has 0 saturated carbocycles. The van der Waals surface area contributed by atoms with Crippen molar-refractivity contribution in [3.05, 3.63) is 0 Å². The van der Waals surface area contributed by atoms with E-state index in [0.29, 0.717) is 13.0 Å². The Morgan fingerprint density at radius 2 is 2.20 bits per heavy atom. The third-order valence-corrected chi connectivity index (χ3v) is 0.865. The molecular weight excluding hydrogens is 139 g/mol. The summed E-state index contributed by atoms with van der Waals surface area (Å²) in [7, 11) is 1.55. The highest BCUT2D eigenvalue weighted by Gasteiger charge is 1.98. The number of hydrogen-bond acceptors (Lipinski definition) is 3. The van der Waals surface area contributed by atoms with Crippen molar-refractivity contribution in [2.24, 2.45) is 0 Å². The van der Waals surface area contributed by atoms with Crippen molar-refractivity contribution in [3.8, 4) is 0 Å². The quantitative estimate of drug-likeness (QED) is 0.423. The van der Waals surface area contributed by atoms with Crippen molar-refractivity contribution in [1.82, 2.24) is 0 Å². The Morgan fingerprint density at radius 3 is 2.70 bits per heavy atom. The van der Waals surface area contributed by atoms with Gasteiger partial charge in [0, 0.05) is 20.1 Å². The van der Waals surface area contributed by atoms with E-state index in [1.54, 1.807) is 7.11 Å². The highest BCUT2D eigenvalue weighted by Crippen LogP contribution is 1.84. The highest BCUT2D eigenvalue weighted by atomic mass is 19.1. The van der Waals surface area contributed by atoms with Gasteiger partial charge in [-0.25, -0.2) is 9.18 Å². The number of carbonyl (C=O) groups is 1. The first-order valence-electron chi connectivity index (χ1n) is 3.01. The van der Waals surface area contributed by atoms with Crippen molar-refractivity contribution in [2.75, 3.05) is 27.0 Å². The molecule has 60 valence electrons. The van der Waals surface area contributed by atoms with Crippen LogP contribution >= 0.6 is 0 Å². The van der Waals surface area contributed by atoms with E-state index in [1.165, 1.54) is 0 Å². The van der Waals surface area contributed by atoms with Gasteiger partial charge >= 0.3 is 5.97 Å². The average molecular weight is 150 g/mol. The average Bonchev–Trinajstić information content (AvgIpc) is 1.98. The summed E-state index contributed by atoms with van der Waals surface area (Å²) in [5, 5.41) is 0. The number of esters is 1. The second-order valence-corrected chi connectivity index (χ2v) is 1.70. The molecule has 0 unspecified atom stereocenters. The zero-order chi connectivity index (χ0) is 7.82.